The Labute approximate surface area is 180 Å². The second-order valence-electron chi connectivity index (χ2n) is 8.12. The van der Waals surface area contributed by atoms with Crippen LogP contribution in [-0.4, -0.2) is 53.3 Å². The van der Waals surface area contributed by atoms with Gasteiger partial charge in [0.25, 0.3) is 5.91 Å². The van der Waals surface area contributed by atoms with Crippen molar-refractivity contribution in [2.75, 3.05) is 20.2 Å². The zero-order chi connectivity index (χ0) is 21.5. The summed E-state index contributed by atoms with van der Waals surface area (Å²) < 4.78 is 5.30. The molecule has 1 aromatic heterocycles. The molecule has 0 bridgehead atoms. The maximum absolute atomic E-state index is 13.3. The number of rotatable bonds is 3. The first-order valence-corrected chi connectivity index (χ1v) is 10.4. The Kier molecular flexibility index (Phi) is 4.93. The molecule has 3 aromatic carbocycles. The number of aromatic nitrogens is 1. The molecule has 31 heavy (non-hydrogen) atoms. The molecule has 1 fully saturated rings. The van der Waals surface area contributed by atoms with E-state index >= 15 is 0 Å². The van der Waals surface area contributed by atoms with E-state index in [1.165, 1.54) is 0 Å². The number of aryl methyl sites for hydroxylation is 1. The number of ether oxygens (including phenoxy) is 1. The maximum Gasteiger partial charge on any atom is 0.254 e. The minimum absolute atomic E-state index is 0.0838. The fraction of sp³-hybridized carbons (Fsp3) is 0.231. The van der Waals surface area contributed by atoms with Crippen molar-refractivity contribution < 1.29 is 14.6 Å². The van der Waals surface area contributed by atoms with E-state index in [0.717, 1.165) is 38.5 Å². The number of aliphatic hydroxyl groups excluding tert-OH is 1. The quantitative estimate of drug-likeness (QED) is 0.548. The Hall–Kier alpha value is -3.28. The number of pyridine rings is 1. The van der Waals surface area contributed by atoms with Gasteiger partial charge in [0.15, 0.2) is 0 Å². The summed E-state index contributed by atoms with van der Waals surface area (Å²) in [4.78, 5) is 19.5. The van der Waals surface area contributed by atoms with E-state index in [4.69, 9.17) is 4.74 Å². The highest BCUT2D eigenvalue weighted by atomic mass is 16.5. The van der Waals surface area contributed by atoms with E-state index in [0.29, 0.717) is 12.1 Å². The highest BCUT2D eigenvalue weighted by molar-refractivity contribution is 6.10. The Morgan fingerprint density at radius 2 is 1.84 bits per heavy atom. The molecule has 1 aliphatic heterocycles. The summed E-state index contributed by atoms with van der Waals surface area (Å²) in [5, 5.41) is 13.2. The van der Waals surface area contributed by atoms with Crippen LogP contribution < -0.4 is 0 Å². The van der Waals surface area contributed by atoms with Crippen molar-refractivity contribution in [2.24, 2.45) is 0 Å². The zero-order valence-electron chi connectivity index (χ0n) is 17.6. The minimum atomic E-state index is -0.658. The number of hydrogen-bond acceptors (Lipinski definition) is 4. The van der Waals surface area contributed by atoms with Gasteiger partial charge in [-0.15, -0.1) is 0 Å². The lowest BCUT2D eigenvalue weighted by Gasteiger charge is -2.18. The van der Waals surface area contributed by atoms with Gasteiger partial charge in [0.2, 0.25) is 0 Å². The summed E-state index contributed by atoms with van der Waals surface area (Å²) in [6, 6.07) is 22.3. The van der Waals surface area contributed by atoms with Crippen molar-refractivity contribution in [1.82, 2.24) is 9.88 Å². The maximum atomic E-state index is 13.3. The van der Waals surface area contributed by atoms with Crippen molar-refractivity contribution in [2.45, 2.75) is 19.1 Å². The van der Waals surface area contributed by atoms with E-state index in [2.05, 4.69) is 35.3 Å². The Morgan fingerprint density at radius 3 is 2.65 bits per heavy atom. The third-order valence-corrected chi connectivity index (χ3v) is 6.12. The van der Waals surface area contributed by atoms with E-state index in [1.54, 1.807) is 12.0 Å². The van der Waals surface area contributed by atoms with Crippen LogP contribution in [0.2, 0.25) is 0 Å². The zero-order valence-corrected chi connectivity index (χ0v) is 17.6. The van der Waals surface area contributed by atoms with Gasteiger partial charge < -0.3 is 14.7 Å². The lowest BCUT2D eigenvalue weighted by molar-refractivity contribution is 0.0215. The summed E-state index contributed by atoms with van der Waals surface area (Å²) in [6.45, 7) is 2.67. The number of methoxy groups -OCH3 is 1. The van der Waals surface area contributed by atoms with E-state index in [1.807, 2.05) is 43.3 Å². The molecular formula is C26H24N2O3. The van der Waals surface area contributed by atoms with Crippen molar-refractivity contribution in [3.8, 4) is 11.1 Å². The molecule has 0 spiro atoms. The summed E-state index contributed by atoms with van der Waals surface area (Å²) in [7, 11) is 1.56. The van der Waals surface area contributed by atoms with Crippen molar-refractivity contribution in [1.29, 1.82) is 0 Å². The number of fused-ring (bicyclic) bond motifs is 2. The van der Waals surface area contributed by atoms with Crippen LogP contribution in [0.3, 0.4) is 0 Å². The van der Waals surface area contributed by atoms with Crippen LogP contribution in [0, 0.1) is 6.92 Å². The molecule has 2 heterocycles. The smallest absolute Gasteiger partial charge is 0.254 e. The van der Waals surface area contributed by atoms with Gasteiger partial charge in [0, 0.05) is 36.8 Å². The standard InChI is InChI=1S/C26H24N2O3/c1-16-9-10-18-13-17(11-12-23(18)27-16)19-5-3-7-21-20(19)6-4-8-22(21)26(30)28-14-24(29)25(15-28)31-2/h3-13,24-25,29H,14-15H2,1-2H3/t24-,25-/m0/s1. The van der Waals surface area contributed by atoms with Crippen LogP contribution in [0.15, 0.2) is 66.7 Å². The fourth-order valence-corrected chi connectivity index (χ4v) is 4.47. The number of likely N-dealkylation sites (tertiary alicyclic amines) is 1. The lowest BCUT2D eigenvalue weighted by Crippen LogP contribution is -2.30. The van der Waals surface area contributed by atoms with Crippen molar-refractivity contribution >= 4 is 27.6 Å². The first kappa shape index (κ1) is 19.7. The van der Waals surface area contributed by atoms with Crippen LogP contribution in [0.25, 0.3) is 32.8 Å². The number of β-amino-alcohol motifs (C(OH)–C–C–N with tert-alkyl or cyclic N) is 1. The largest absolute Gasteiger partial charge is 0.388 e. The number of aliphatic hydroxyl groups is 1. The van der Waals surface area contributed by atoms with Crippen LogP contribution >= 0.6 is 0 Å². The average molecular weight is 412 g/mol. The minimum Gasteiger partial charge on any atom is -0.388 e. The van der Waals surface area contributed by atoms with Gasteiger partial charge in [-0.2, -0.15) is 0 Å². The summed E-state index contributed by atoms with van der Waals surface area (Å²) in [6.07, 6.45) is -1.00. The van der Waals surface area contributed by atoms with E-state index < -0.39 is 6.10 Å². The number of hydrogen-bond donors (Lipinski definition) is 1. The molecule has 5 heteroatoms. The van der Waals surface area contributed by atoms with E-state index in [-0.39, 0.29) is 18.6 Å². The van der Waals surface area contributed by atoms with Gasteiger partial charge in [0.1, 0.15) is 6.10 Å². The van der Waals surface area contributed by atoms with Crippen molar-refractivity contribution in [3.05, 3.63) is 78.0 Å². The normalized spacial score (nSPS) is 18.7. The predicted octanol–water partition coefficient (Wildman–Crippen LogP) is 4.20. The summed E-state index contributed by atoms with van der Waals surface area (Å²) >= 11 is 0. The first-order valence-electron chi connectivity index (χ1n) is 10.4. The van der Waals surface area contributed by atoms with Gasteiger partial charge in [-0.05, 0) is 53.1 Å². The van der Waals surface area contributed by atoms with Crippen LogP contribution in [0.4, 0.5) is 0 Å². The average Bonchev–Trinajstić information content (AvgIpc) is 3.18. The molecule has 1 amide bonds. The second-order valence-corrected chi connectivity index (χ2v) is 8.12. The number of carbonyl (C=O) groups excluding carboxylic acids is 1. The second kappa shape index (κ2) is 7.76. The van der Waals surface area contributed by atoms with Gasteiger partial charge in [-0.1, -0.05) is 42.5 Å². The Bertz CT molecular complexity index is 1300. The SMILES string of the molecule is CO[C@H]1CN(C(=O)c2cccc3c(-c4ccc5nc(C)ccc5c4)cccc23)C[C@@H]1O. The molecule has 1 N–H and O–H groups in total. The van der Waals surface area contributed by atoms with Gasteiger partial charge in [0.05, 0.1) is 11.6 Å². The first-order chi connectivity index (χ1) is 15.0. The Balaban J connectivity index is 1.58. The molecule has 0 unspecified atom stereocenters. The molecule has 5 rings (SSSR count). The molecule has 4 aromatic rings. The molecule has 1 saturated heterocycles. The van der Waals surface area contributed by atoms with Crippen LogP contribution in [-0.2, 0) is 4.74 Å². The van der Waals surface area contributed by atoms with Crippen molar-refractivity contribution in [3.63, 3.8) is 0 Å². The van der Waals surface area contributed by atoms with Gasteiger partial charge in [-0.25, -0.2) is 0 Å². The topological polar surface area (TPSA) is 62.7 Å². The number of carbonyl (C=O) groups is 1. The van der Waals surface area contributed by atoms with Gasteiger partial charge in [-0.3, -0.25) is 9.78 Å². The molecule has 2 atom stereocenters. The third kappa shape index (κ3) is 3.46. The Morgan fingerprint density at radius 1 is 1.03 bits per heavy atom. The van der Waals surface area contributed by atoms with Gasteiger partial charge >= 0.3 is 0 Å². The summed E-state index contributed by atoms with van der Waals surface area (Å²) in [5.74, 6) is -0.0838. The summed E-state index contributed by atoms with van der Waals surface area (Å²) in [5.41, 5.74) is 4.77. The monoisotopic (exact) mass is 412 g/mol. The molecule has 0 aliphatic carbocycles. The van der Waals surface area contributed by atoms with Crippen LogP contribution in [0.5, 0.6) is 0 Å². The highest BCUT2D eigenvalue weighted by Gasteiger charge is 2.34. The van der Waals surface area contributed by atoms with E-state index in [9.17, 15) is 9.90 Å². The predicted molar refractivity (Wildman–Crippen MR) is 122 cm³/mol. The molecule has 5 nitrogen and oxygen atoms in total. The highest BCUT2D eigenvalue weighted by Crippen LogP contribution is 2.33. The fourth-order valence-electron chi connectivity index (χ4n) is 4.47. The third-order valence-electron chi connectivity index (χ3n) is 6.12. The lowest BCUT2D eigenvalue weighted by atomic mass is 9.94. The van der Waals surface area contributed by atoms with Crippen LogP contribution in [0.1, 0.15) is 16.1 Å². The molecule has 1 aliphatic rings. The number of benzene rings is 3. The molecule has 0 saturated carbocycles. The number of amides is 1. The number of nitrogens with zero attached hydrogens (tertiary/aromatic N) is 2. The molecular weight excluding hydrogens is 388 g/mol. The molecule has 0 radical (unpaired) electrons. The molecule has 156 valence electrons.